The summed E-state index contributed by atoms with van der Waals surface area (Å²) in [6.07, 6.45) is 3.93. The van der Waals surface area contributed by atoms with Gasteiger partial charge in [-0.3, -0.25) is 9.79 Å². The third-order valence-corrected chi connectivity index (χ3v) is 4.36. The number of guanidine groups is 1. The van der Waals surface area contributed by atoms with Crippen LogP contribution in [0.25, 0.3) is 0 Å². The SMILES string of the molecule is CN=C(NCCCOCCOC)NCCc1ccc(OCC(=O)NC2CC2)cc1. The Morgan fingerprint density at radius 2 is 1.86 bits per heavy atom. The van der Waals surface area contributed by atoms with Gasteiger partial charge in [-0.1, -0.05) is 12.1 Å². The van der Waals surface area contributed by atoms with E-state index in [4.69, 9.17) is 14.2 Å². The van der Waals surface area contributed by atoms with E-state index >= 15 is 0 Å². The van der Waals surface area contributed by atoms with Gasteiger partial charge in [0, 0.05) is 39.9 Å². The fourth-order valence-electron chi connectivity index (χ4n) is 2.57. The van der Waals surface area contributed by atoms with Crippen LogP contribution in [-0.4, -0.2) is 71.6 Å². The molecule has 1 aromatic rings. The number of aliphatic imine (C=N–C) groups is 1. The van der Waals surface area contributed by atoms with Crippen LogP contribution in [0, 0.1) is 0 Å². The summed E-state index contributed by atoms with van der Waals surface area (Å²) in [6, 6.07) is 8.20. The maximum Gasteiger partial charge on any atom is 0.258 e. The van der Waals surface area contributed by atoms with Crippen LogP contribution in [0.15, 0.2) is 29.3 Å². The van der Waals surface area contributed by atoms with E-state index in [9.17, 15) is 4.79 Å². The molecule has 29 heavy (non-hydrogen) atoms. The van der Waals surface area contributed by atoms with Gasteiger partial charge in [-0.2, -0.15) is 0 Å². The Morgan fingerprint density at radius 3 is 2.55 bits per heavy atom. The van der Waals surface area contributed by atoms with E-state index in [0.29, 0.717) is 31.6 Å². The summed E-state index contributed by atoms with van der Waals surface area (Å²) >= 11 is 0. The molecule has 3 N–H and O–H groups in total. The Morgan fingerprint density at radius 1 is 1.10 bits per heavy atom. The molecule has 0 unspecified atom stereocenters. The van der Waals surface area contributed by atoms with Crippen molar-refractivity contribution in [1.82, 2.24) is 16.0 Å². The van der Waals surface area contributed by atoms with E-state index in [-0.39, 0.29) is 12.5 Å². The summed E-state index contributed by atoms with van der Waals surface area (Å²) in [5, 5.41) is 9.48. The lowest BCUT2D eigenvalue weighted by Gasteiger charge is -2.12. The molecule has 0 atom stereocenters. The predicted molar refractivity (Wildman–Crippen MR) is 113 cm³/mol. The summed E-state index contributed by atoms with van der Waals surface area (Å²) in [7, 11) is 3.43. The van der Waals surface area contributed by atoms with Gasteiger partial charge in [-0.25, -0.2) is 0 Å². The fraction of sp³-hybridized carbons (Fsp3) is 0.619. The molecule has 1 saturated carbocycles. The molecule has 1 fully saturated rings. The molecule has 162 valence electrons. The minimum absolute atomic E-state index is 0.0544. The zero-order valence-electron chi connectivity index (χ0n) is 17.5. The van der Waals surface area contributed by atoms with Crippen molar-refractivity contribution in [3.05, 3.63) is 29.8 Å². The lowest BCUT2D eigenvalue weighted by Crippen LogP contribution is -2.39. The van der Waals surface area contributed by atoms with Crippen molar-refractivity contribution in [3.63, 3.8) is 0 Å². The number of ether oxygens (including phenoxy) is 3. The average Bonchev–Trinajstić information content (AvgIpc) is 3.55. The van der Waals surface area contributed by atoms with Crippen molar-refractivity contribution in [1.29, 1.82) is 0 Å². The summed E-state index contributed by atoms with van der Waals surface area (Å²) < 4.78 is 15.9. The first-order valence-electron chi connectivity index (χ1n) is 10.2. The van der Waals surface area contributed by atoms with Crippen LogP contribution in [0.1, 0.15) is 24.8 Å². The second-order valence-electron chi connectivity index (χ2n) is 6.91. The van der Waals surface area contributed by atoms with Crippen molar-refractivity contribution in [2.75, 3.05) is 53.7 Å². The van der Waals surface area contributed by atoms with E-state index < -0.39 is 0 Å². The summed E-state index contributed by atoms with van der Waals surface area (Å²) in [4.78, 5) is 15.9. The van der Waals surface area contributed by atoms with Gasteiger partial charge in [0.05, 0.1) is 13.2 Å². The normalized spacial score (nSPS) is 13.8. The lowest BCUT2D eigenvalue weighted by molar-refractivity contribution is -0.123. The zero-order chi connectivity index (χ0) is 20.7. The van der Waals surface area contributed by atoms with E-state index in [0.717, 1.165) is 44.7 Å². The number of benzene rings is 1. The van der Waals surface area contributed by atoms with Gasteiger partial charge >= 0.3 is 0 Å². The minimum Gasteiger partial charge on any atom is -0.484 e. The van der Waals surface area contributed by atoms with Gasteiger partial charge in [0.1, 0.15) is 5.75 Å². The Balaban J connectivity index is 1.55. The number of nitrogens with one attached hydrogen (secondary N) is 3. The van der Waals surface area contributed by atoms with E-state index in [1.807, 2.05) is 24.3 Å². The van der Waals surface area contributed by atoms with Crippen molar-refractivity contribution in [3.8, 4) is 5.75 Å². The first kappa shape index (κ1) is 23.0. The van der Waals surface area contributed by atoms with Crippen LogP contribution < -0.4 is 20.7 Å². The maximum absolute atomic E-state index is 11.6. The number of carbonyl (C=O) groups is 1. The summed E-state index contributed by atoms with van der Waals surface area (Å²) in [5.41, 5.74) is 1.19. The monoisotopic (exact) mass is 406 g/mol. The molecule has 0 bridgehead atoms. The smallest absolute Gasteiger partial charge is 0.258 e. The van der Waals surface area contributed by atoms with Crippen LogP contribution in [0.3, 0.4) is 0 Å². The quantitative estimate of drug-likeness (QED) is 0.243. The van der Waals surface area contributed by atoms with Crippen molar-refractivity contribution in [2.24, 2.45) is 4.99 Å². The molecule has 0 radical (unpaired) electrons. The molecular weight excluding hydrogens is 372 g/mol. The van der Waals surface area contributed by atoms with Gasteiger partial charge < -0.3 is 30.2 Å². The van der Waals surface area contributed by atoms with Crippen LogP contribution in [-0.2, 0) is 20.7 Å². The van der Waals surface area contributed by atoms with Crippen LogP contribution in [0.2, 0.25) is 0 Å². The van der Waals surface area contributed by atoms with Gasteiger partial charge in [0.2, 0.25) is 0 Å². The van der Waals surface area contributed by atoms with E-state index in [1.165, 1.54) is 5.56 Å². The molecular formula is C21H34N4O4. The maximum atomic E-state index is 11.6. The Labute approximate surface area is 173 Å². The standard InChI is InChI=1S/C21H34N4O4/c1-22-21(23-11-3-13-28-15-14-27-2)24-12-10-17-4-8-19(9-5-17)29-16-20(26)25-18-6-7-18/h4-5,8-9,18H,3,6-7,10-16H2,1-2H3,(H,25,26)(H2,22,23,24). The highest BCUT2D eigenvalue weighted by Crippen LogP contribution is 2.18. The fourth-order valence-corrected chi connectivity index (χ4v) is 2.57. The van der Waals surface area contributed by atoms with Gasteiger partial charge in [0.15, 0.2) is 12.6 Å². The first-order valence-corrected chi connectivity index (χ1v) is 10.2. The number of methoxy groups -OCH3 is 1. The number of hydrogen-bond acceptors (Lipinski definition) is 5. The lowest BCUT2D eigenvalue weighted by atomic mass is 10.1. The van der Waals surface area contributed by atoms with Gasteiger partial charge in [-0.15, -0.1) is 0 Å². The number of nitrogens with zero attached hydrogens (tertiary/aromatic N) is 1. The van der Waals surface area contributed by atoms with Crippen molar-refractivity contribution in [2.45, 2.75) is 31.7 Å². The third-order valence-electron chi connectivity index (χ3n) is 4.36. The minimum atomic E-state index is -0.0544. The average molecular weight is 407 g/mol. The first-order chi connectivity index (χ1) is 14.2. The third kappa shape index (κ3) is 10.7. The number of carbonyl (C=O) groups excluding carboxylic acids is 1. The second-order valence-corrected chi connectivity index (χ2v) is 6.91. The molecule has 0 heterocycles. The molecule has 8 nitrogen and oxygen atoms in total. The molecule has 0 spiro atoms. The Kier molecular flexibility index (Phi) is 10.9. The van der Waals surface area contributed by atoms with E-state index in [2.05, 4.69) is 20.9 Å². The van der Waals surface area contributed by atoms with E-state index in [1.54, 1.807) is 14.2 Å². The molecule has 0 aromatic heterocycles. The Hall–Kier alpha value is -2.32. The molecule has 1 amide bonds. The van der Waals surface area contributed by atoms with Crippen molar-refractivity contribution < 1.29 is 19.0 Å². The molecule has 1 aliphatic rings. The number of hydrogen-bond donors (Lipinski definition) is 3. The highest BCUT2D eigenvalue weighted by molar-refractivity contribution is 5.79. The van der Waals surface area contributed by atoms with Crippen LogP contribution >= 0.6 is 0 Å². The van der Waals surface area contributed by atoms with Crippen molar-refractivity contribution >= 4 is 11.9 Å². The summed E-state index contributed by atoms with van der Waals surface area (Å²) in [6.45, 7) is 3.59. The molecule has 2 rings (SSSR count). The molecule has 1 aliphatic carbocycles. The van der Waals surface area contributed by atoms with Gasteiger partial charge in [0.25, 0.3) is 5.91 Å². The molecule has 8 heteroatoms. The highest BCUT2D eigenvalue weighted by atomic mass is 16.5. The molecule has 1 aromatic carbocycles. The molecule has 0 saturated heterocycles. The van der Waals surface area contributed by atoms with Crippen LogP contribution in [0.4, 0.5) is 0 Å². The summed E-state index contributed by atoms with van der Waals surface area (Å²) in [5.74, 6) is 1.43. The second kappa shape index (κ2) is 13.8. The topological polar surface area (TPSA) is 93.2 Å². The highest BCUT2D eigenvalue weighted by Gasteiger charge is 2.23. The zero-order valence-corrected chi connectivity index (χ0v) is 17.5. The van der Waals surface area contributed by atoms with Gasteiger partial charge in [-0.05, 0) is 43.4 Å². The largest absolute Gasteiger partial charge is 0.484 e. The molecule has 0 aliphatic heterocycles. The van der Waals surface area contributed by atoms with Crippen LogP contribution in [0.5, 0.6) is 5.75 Å². The Bertz CT molecular complexity index is 618. The predicted octanol–water partition coefficient (Wildman–Crippen LogP) is 1.10. The number of rotatable bonds is 14. The number of amides is 1.